The molecule has 3 rings (SSSR count). The zero-order valence-corrected chi connectivity index (χ0v) is 18.4. The molecule has 2 aromatic rings. The molecule has 0 unspecified atom stereocenters. The van der Waals surface area contributed by atoms with Gasteiger partial charge in [0.15, 0.2) is 5.11 Å². The number of carbonyl (C=O) groups excluding carboxylic acids is 2. The molecular weight excluding hydrogens is 416 g/mol. The number of nitrogens with zero attached hydrogens (tertiary/aromatic N) is 1. The van der Waals surface area contributed by atoms with E-state index in [0.717, 1.165) is 21.8 Å². The van der Waals surface area contributed by atoms with Gasteiger partial charge in [-0.25, -0.2) is 4.79 Å². The van der Waals surface area contributed by atoms with E-state index in [4.69, 9.17) is 17.0 Å². The summed E-state index contributed by atoms with van der Waals surface area (Å²) in [5.41, 5.74) is 2.65. The third kappa shape index (κ3) is 4.34. The Hall–Kier alpha value is -3.52. The molecule has 1 heterocycles. The van der Waals surface area contributed by atoms with Gasteiger partial charge in [-0.3, -0.25) is 19.8 Å². The molecule has 8 heteroatoms. The van der Waals surface area contributed by atoms with Crippen molar-refractivity contribution < 1.29 is 24.2 Å². The minimum absolute atomic E-state index is 0.00287. The van der Waals surface area contributed by atoms with E-state index in [9.17, 15) is 19.5 Å². The molecule has 0 saturated carbocycles. The average Bonchev–Trinajstić information content (AvgIpc) is 2.71. The van der Waals surface area contributed by atoms with Gasteiger partial charge in [0.2, 0.25) is 0 Å². The van der Waals surface area contributed by atoms with Gasteiger partial charge in [-0.1, -0.05) is 19.9 Å². The van der Waals surface area contributed by atoms with E-state index < -0.39 is 17.8 Å². The molecular formula is C23H22N2O5S. The lowest BCUT2D eigenvalue weighted by Gasteiger charge is -2.29. The van der Waals surface area contributed by atoms with Crippen molar-refractivity contribution in [1.29, 1.82) is 0 Å². The van der Waals surface area contributed by atoms with Crippen LogP contribution in [0, 0.1) is 6.92 Å². The Balaban J connectivity index is 2.09. The molecule has 1 aliphatic heterocycles. The predicted molar refractivity (Wildman–Crippen MR) is 121 cm³/mol. The van der Waals surface area contributed by atoms with Gasteiger partial charge < -0.3 is 9.84 Å². The Morgan fingerprint density at radius 1 is 1.23 bits per heavy atom. The van der Waals surface area contributed by atoms with Crippen LogP contribution in [0.15, 0.2) is 42.0 Å². The van der Waals surface area contributed by atoms with Gasteiger partial charge in [-0.2, -0.15) is 0 Å². The molecule has 0 aromatic heterocycles. The fourth-order valence-electron chi connectivity index (χ4n) is 3.32. The van der Waals surface area contributed by atoms with Crippen LogP contribution in [0.4, 0.5) is 5.69 Å². The smallest absolute Gasteiger partial charge is 0.335 e. The Morgan fingerprint density at radius 3 is 2.55 bits per heavy atom. The molecule has 0 bridgehead atoms. The van der Waals surface area contributed by atoms with Crippen LogP contribution >= 0.6 is 12.2 Å². The Labute approximate surface area is 185 Å². The summed E-state index contributed by atoms with van der Waals surface area (Å²) in [6.45, 7) is 5.92. The van der Waals surface area contributed by atoms with Crippen molar-refractivity contribution in [2.75, 3.05) is 12.0 Å². The van der Waals surface area contributed by atoms with E-state index in [1.54, 1.807) is 13.2 Å². The molecule has 1 saturated heterocycles. The van der Waals surface area contributed by atoms with Crippen LogP contribution in [0.5, 0.6) is 5.75 Å². The number of nitrogens with one attached hydrogen (secondary N) is 1. The number of aromatic carboxylic acids is 1. The number of hydrogen-bond donors (Lipinski definition) is 2. The summed E-state index contributed by atoms with van der Waals surface area (Å²) in [5, 5.41) is 11.7. The summed E-state index contributed by atoms with van der Waals surface area (Å²) in [7, 11) is 1.60. The molecule has 1 fully saturated rings. The van der Waals surface area contributed by atoms with Gasteiger partial charge in [0.25, 0.3) is 11.8 Å². The van der Waals surface area contributed by atoms with Crippen LogP contribution in [0.25, 0.3) is 6.08 Å². The third-order valence-electron chi connectivity index (χ3n) is 4.99. The highest BCUT2D eigenvalue weighted by Crippen LogP contribution is 2.31. The van der Waals surface area contributed by atoms with Gasteiger partial charge >= 0.3 is 5.97 Å². The van der Waals surface area contributed by atoms with Crippen molar-refractivity contribution in [1.82, 2.24) is 5.32 Å². The van der Waals surface area contributed by atoms with E-state index in [-0.39, 0.29) is 27.9 Å². The number of anilines is 1. The zero-order chi connectivity index (χ0) is 22.9. The number of rotatable bonds is 5. The summed E-state index contributed by atoms with van der Waals surface area (Å²) >= 11 is 5.19. The topological polar surface area (TPSA) is 95.9 Å². The fourth-order valence-corrected chi connectivity index (χ4v) is 3.61. The number of benzene rings is 2. The van der Waals surface area contributed by atoms with Gasteiger partial charge in [0, 0.05) is 0 Å². The predicted octanol–water partition coefficient (Wildman–Crippen LogP) is 3.66. The molecule has 7 nitrogen and oxygen atoms in total. The van der Waals surface area contributed by atoms with E-state index in [0.29, 0.717) is 5.56 Å². The van der Waals surface area contributed by atoms with Crippen LogP contribution in [0.3, 0.4) is 0 Å². The lowest BCUT2D eigenvalue weighted by molar-refractivity contribution is -0.122. The van der Waals surface area contributed by atoms with Crippen LogP contribution in [-0.4, -0.2) is 35.1 Å². The molecule has 0 spiro atoms. The van der Waals surface area contributed by atoms with Crippen molar-refractivity contribution >= 4 is 46.9 Å². The summed E-state index contributed by atoms with van der Waals surface area (Å²) in [5.74, 6) is -1.46. The quantitative estimate of drug-likeness (QED) is 0.420. The highest BCUT2D eigenvalue weighted by molar-refractivity contribution is 7.80. The van der Waals surface area contributed by atoms with Crippen LogP contribution in [0.2, 0.25) is 0 Å². The zero-order valence-electron chi connectivity index (χ0n) is 17.6. The molecule has 0 aliphatic carbocycles. The van der Waals surface area contributed by atoms with Crippen LogP contribution in [-0.2, 0) is 9.59 Å². The monoisotopic (exact) mass is 438 g/mol. The molecule has 2 N–H and O–H groups in total. The van der Waals surface area contributed by atoms with Crippen molar-refractivity contribution in [3.05, 3.63) is 64.2 Å². The second-order valence-corrected chi connectivity index (χ2v) is 7.81. The van der Waals surface area contributed by atoms with Crippen LogP contribution in [0.1, 0.15) is 46.8 Å². The molecule has 1 aliphatic rings. The highest BCUT2D eigenvalue weighted by Gasteiger charge is 2.35. The number of carboxylic acid groups (broad SMARTS) is 1. The number of methoxy groups -OCH3 is 1. The van der Waals surface area contributed by atoms with E-state index in [1.165, 1.54) is 24.3 Å². The van der Waals surface area contributed by atoms with Crippen LogP contribution < -0.4 is 15.0 Å². The summed E-state index contributed by atoms with van der Waals surface area (Å²) in [6.07, 6.45) is 1.52. The standard InChI is InChI=1S/C23H22N2O5S/c1-12(2)17-10-15(13(3)8-19(17)30-4)11-18-20(26)24-23(31)25(21(18)27)16-7-5-6-14(9-16)22(28)29/h5-12H,1-4H3,(H,28,29)(H,24,26,31). The third-order valence-corrected chi connectivity index (χ3v) is 5.28. The summed E-state index contributed by atoms with van der Waals surface area (Å²) in [6, 6.07) is 9.57. The number of carbonyl (C=O) groups is 3. The summed E-state index contributed by atoms with van der Waals surface area (Å²) < 4.78 is 5.45. The first kappa shape index (κ1) is 22.2. The molecule has 31 heavy (non-hydrogen) atoms. The lowest BCUT2D eigenvalue weighted by atomic mass is 9.95. The maximum Gasteiger partial charge on any atom is 0.335 e. The molecule has 2 aromatic carbocycles. The second kappa shape index (κ2) is 8.69. The highest BCUT2D eigenvalue weighted by atomic mass is 32.1. The van der Waals surface area contributed by atoms with E-state index in [2.05, 4.69) is 5.32 Å². The van der Waals surface area contributed by atoms with Gasteiger partial charge in [-0.05, 0) is 78.2 Å². The number of carboxylic acids is 1. The molecule has 0 radical (unpaired) electrons. The van der Waals surface area contributed by atoms with Crippen molar-refractivity contribution in [2.45, 2.75) is 26.7 Å². The Morgan fingerprint density at radius 2 is 1.94 bits per heavy atom. The first-order valence-corrected chi connectivity index (χ1v) is 9.98. The second-order valence-electron chi connectivity index (χ2n) is 7.42. The maximum atomic E-state index is 13.2. The first-order valence-electron chi connectivity index (χ1n) is 9.57. The largest absolute Gasteiger partial charge is 0.496 e. The van der Waals surface area contributed by atoms with Gasteiger partial charge in [-0.15, -0.1) is 0 Å². The maximum absolute atomic E-state index is 13.2. The minimum Gasteiger partial charge on any atom is -0.496 e. The van der Waals surface area contributed by atoms with Crippen molar-refractivity contribution in [2.24, 2.45) is 0 Å². The average molecular weight is 439 g/mol. The van der Waals surface area contributed by atoms with Crippen molar-refractivity contribution in [3.8, 4) is 5.75 Å². The first-order chi connectivity index (χ1) is 14.6. The Bertz CT molecular complexity index is 1140. The SMILES string of the molecule is COc1cc(C)c(C=C2C(=O)NC(=S)N(c3cccc(C(=O)O)c3)C2=O)cc1C(C)C. The van der Waals surface area contributed by atoms with Gasteiger partial charge in [0.1, 0.15) is 11.3 Å². The van der Waals surface area contributed by atoms with E-state index >= 15 is 0 Å². The lowest BCUT2D eigenvalue weighted by Crippen LogP contribution is -2.54. The fraction of sp³-hybridized carbons (Fsp3) is 0.217. The summed E-state index contributed by atoms with van der Waals surface area (Å²) in [4.78, 5) is 38.2. The number of ether oxygens (including phenoxy) is 1. The Kier molecular flexibility index (Phi) is 6.21. The number of thiocarbonyl (C=S) groups is 1. The number of aryl methyl sites for hydroxylation is 1. The number of hydrogen-bond acceptors (Lipinski definition) is 5. The molecule has 160 valence electrons. The van der Waals surface area contributed by atoms with Gasteiger partial charge in [0.05, 0.1) is 18.4 Å². The number of amides is 2. The normalized spacial score (nSPS) is 15.5. The van der Waals surface area contributed by atoms with Crippen molar-refractivity contribution in [3.63, 3.8) is 0 Å². The molecule has 0 atom stereocenters. The van der Waals surface area contributed by atoms with E-state index in [1.807, 2.05) is 32.9 Å². The minimum atomic E-state index is -1.13. The molecule has 2 amide bonds.